The number of thiophene rings is 1. The van der Waals surface area contributed by atoms with Crippen molar-refractivity contribution in [2.75, 3.05) is 18.4 Å². The summed E-state index contributed by atoms with van der Waals surface area (Å²) in [6, 6.07) is 10.9. The van der Waals surface area contributed by atoms with Gasteiger partial charge in [-0.25, -0.2) is 4.39 Å². The van der Waals surface area contributed by atoms with E-state index in [1.807, 2.05) is 0 Å². The first-order valence-electron chi connectivity index (χ1n) is 7.56. The zero-order valence-electron chi connectivity index (χ0n) is 12.3. The van der Waals surface area contributed by atoms with Gasteiger partial charge in [-0.1, -0.05) is 18.2 Å². The van der Waals surface area contributed by atoms with E-state index in [-0.39, 0.29) is 11.6 Å². The molecule has 0 spiro atoms. The van der Waals surface area contributed by atoms with Crippen LogP contribution in [0, 0.1) is 5.82 Å². The number of carbonyl (C=O) groups is 1. The van der Waals surface area contributed by atoms with E-state index in [2.05, 4.69) is 27.7 Å². The molecule has 0 unspecified atom stereocenters. The highest BCUT2D eigenvalue weighted by Gasteiger charge is 2.26. The minimum Gasteiger partial charge on any atom is -0.324 e. The Morgan fingerprint density at radius 1 is 1.32 bits per heavy atom. The van der Waals surface area contributed by atoms with E-state index in [1.54, 1.807) is 29.5 Å². The molecule has 1 amide bonds. The van der Waals surface area contributed by atoms with Crippen LogP contribution < -0.4 is 5.32 Å². The second-order valence-electron chi connectivity index (χ2n) is 5.49. The van der Waals surface area contributed by atoms with E-state index in [0.717, 1.165) is 19.4 Å². The zero-order valence-corrected chi connectivity index (χ0v) is 13.1. The van der Waals surface area contributed by atoms with Gasteiger partial charge in [-0.15, -0.1) is 11.3 Å². The number of halogens is 1. The van der Waals surface area contributed by atoms with Crippen molar-refractivity contribution in [1.82, 2.24) is 4.90 Å². The lowest BCUT2D eigenvalue weighted by molar-refractivity contribution is -0.116. The predicted molar refractivity (Wildman–Crippen MR) is 87.5 cm³/mol. The average molecular weight is 318 g/mol. The van der Waals surface area contributed by atoms with Crippen LogP contribution in [0.15, 0.2) is 41.8 Å². The summed E-state index contributed by atoms with van der Waals surface area (Å²) in [5.41, 5.74) is 0.253. The Morgan fingerprint density at radius 3 is 2.95 bits per heavy atom. The standard InChI is InChI=1S/C17H19FN2OS/c18-13-5-1-2-6-14(13)19-17(21)9-11-20-10-3-7-15(20)16-8-4-12-22-16/h1-2,4-6,8,12,15H,3,7,9-11H2,(H,19,21)/t15-/m1/s1. The topological polar surface area (TPSA) is 32.3 Å². The van der Waals surface area contributed by atoms with E-state index < -0.39 is 5.82 Å². The maximum Gasteiger partial charge on any atom is 0.225 e. The first-order valence-corrected chi connectivity index (χ1v) is 8.44. The lowest BCUT2D eigenvalue weighted by Crippen LogP contribution is -2.27. The number of hydrogen-bond donors (Lipinski definition) is 1. The molecular weight excluding hydrogens is 299 g/mol. The maximum absolute atomic E-state index is 13.5. The molecule has 22 heavy (non-hydrogen) atoms. The first-order chi connectivity index (χ1) is 10.7. The number of anilines is 1. The van der Waals surface area contributed by atoms with Gasteiger partial charge in [0.1, 0.15) is 5.82 Å². The normalized spacial score (nSPS) is 18.5. The summed E-state index contributed by atoms with van der Waals surface area (Å²) in [5, 5.41) is 4.74. The Labute approximate surface area is 133 Å². The summed E-state index contributed by atoms with van der Waals surface area (Å²) < 4.78 is 13.5. The van der Waals surface area contributed by atoms with Crippen LogP contribution in [0.1, 0.15) is 30.2 Å². The Kier molecular flexibility index (Phi) is 4.85. The Bertz CT molecular complexity index is 629. The van der Waals surface area contributed by atoms with Crippen LogP contribution >= 0.6 is 11.3 Å². The molecule has 1 aromatic heterocycles. The molecule has 1 aliphatic rings. The third-order valence-electron chi connectivity index (χ3n) is 4.01. The number of carbonyl (C=O) groups excluding carboxylic acids is 1. The molecule has 0 bridgehead atoms. The molecule has 5 heteroatoms. The molecule has 116 valence electrons. The molecule has 1 saturated heterocycles. The van der Waals surface area contributed by atoms with Crippen molar-refractivity contribution in [3.63, 3.8) is 0 Å². The van der Waals surface area contributed by atoms with Gasteiger partial charge in [0.2, 0.25) is 5.91 Å². The van der Waals surface area contributed by atoms with Crippen molar-refractivity contribution in [3.05, 3.63) is 52.5 Å². The van der Waals surface area contributed by atoms with Gasteiger partial charge in [-0.3, -0.25) is 9.69 Å². The van der Waals surface area contributed by atoms with Gasteiger partial charge >= 0.3 is 0 Å². The average Bonchev–Trinajstić information content (AvgIpc) is 3.18. The highest BCUT2D eigenvalue weighted by molar-refractivity contribution is 7.10. The SMILES string of the molecule is O=C(CCN1CCC[C@@H]1c1cccs1)Nc1ccccc1F. The van der Waals surface area contributed by atoms with Crippen molar-refractivity contribution in [1.29, 1.82) is 0 Å². The minimum atomic E-state index is -0.395. The largest absolute Gasteiger partial charge is 0.324 e. The number of likely N-dealkylation sites (tertiary alicyclic amines) is 1. The van der Waals surface area contributed by atoms with Crippen LogP contribution in [-0.2, 0) is 4.79 Å². The van der Waals surface area contributed by atoms with Crippen molar-refractivity contribution in [2.24, 2.45) is 0 Å². The second kappa shape index (κ2) is 7.03. The molecule has 2 heterocycles. The summed E-state index contributed by atoms with van der Waals surface area (Å²) in [4.78, 5) is 15.7. The molecular formula is C17H19FN2OS. The molecule has 1 N–H and O–H groups in total. The van der Waals surface area contributed by atoms with Crippen LogP contribution in [0.4, 0.5) is 10.1 Å². The summed E-state index contributed by atoms with van der Waals surface area (Å²) in [6.07, 6.45) is 2.70. The number of benzene rings is 1. The molecule has 1 aliphatic heterocycles. The third-order valence-corrected chi connectivity index (χ3v) is 4.98. The summed E-state index contributed by atoms with van der Waals surface area (Å²) in [5.74, 6) is -0.532. The van der Waals surface area contributed by atoms with Crippen molar-refractivity contribution < 1.29 is 9.18 Å². The summed E-state index contributed by atoms with van der Waals surface area (Å²) in [7, 11) is 0. The van der Waals surface area contributed by atoms with E-state index in [4.69, 9.17) is 0 Å². The molecule has 0 aliphatic carbocycles. The smallest absolute Gasteiger partial charge is 0.225 e. The fraction of sp³-hybridized carbons (Fsp3) is 0.353. The fourth-order valence-corrected chi connectivity index (χ4v) is 3.81. The number of nitrogens with zero attached hydrogens (tertiary/aromatic N) is 1. The molecule has 1 atom stereocenters. The number of hydrogen-bond acceptors (Lipinski definition) is 3. The van der Waals surface area contributed by atoms with Gasteiger partial charge < -0.3 is 5.32 Å². The van der Waals surface area contributed by atoms with Crippen LogP contribution in [0.2, 0.25) is 0 Å². The van der Waals surface area contributed by atoms with Crippen LogP contribution in [0.25, 0.3) is 0 Å². The van der Waals surface area contributed by atoms with Crippen LogP contribution in [0.5, 0.6) is 0 Å². The Balaban J connectivity index is 1.54. The Morgan fingerprint density at radius 2 is 2.18 bits per heavy atom. The van der Waals surface area contributed by atoms with Crippen LogP contribution in [-0.4, -0.2) is 23.9 Å². The highest BCUT2D eigenvalue weighted by atomic mass is 32.1. The lowest BCUT2D eigenvalue weighted by atomic mass is 10.2. The lowest BCUT2D eigenvalue weighted by Gasteiger charge is -2.23. The quantitative estimate of drug-likeness (QED) is 0.902. The van der Waals surface area contributed by atoms with Gasteiger partial charge in [0.05, 0.1) is 5.69 Å². The van der Waals surface area contributed by atoms with Gasteiger partial charge in [-0.05, 0) is 43.0 Å². The van der Waals surface area contributed by atoms with Crippen molar-refractivity contribution >= 4 is 22.9 Å². The molecule has 2 aromatic rings. The monoisotopic (exact) mass is 318 g/mol. The molecule has 1 aromatic carbocycles. The number of rotatable bonds is 5. The summed E-state index contributed by atoms with van der Waals surface area (Å²) in [6.45, 7) is 1.73. The summed E-state index contributed by atoms with van der Waals surface area (Å²) >= 11 is 1.77. The highest BCUT2D eigenvalue weighted by Crippen LogP contribution is 2.34. The Hall–Kier alpha value is -1.72. The van der Waals surface area contributed by atoms with Crippen LogP contribution in [0.3, 0.4) is 0 Å². The predicted octanol–water partition coefficient (Wildman–Crippen LogP) is 4.05. The fourth-order valence-electron chi connectivity index (χ4n) is 2.92. The van der Waals surface area contributed by atoms with Gasteiger partial charge in [0.15, 0.2) is 0 Å². The van der Waals surface area contributed by atoms with E-state index in [0.29, 0.717) is 19.0 Å². The van der Waals surface area contributed by atoms with Gasteiger partial charge in [-0.2, -0.15) is 0 Å². The third kappa shape index (κ3) is 3.54. The molecule has 1 fully saturated rings. The zero-order chi connectivity index (χ0) is 15.4. The van der Waals surface area contributed by atoms with E-state index in [1.165, 1.54) is 10.9 Å². The molecule has 0 saturated carbocycles. The van der Waals surface area contributed by atoms with E-state index >= 15 is 0 Å². The maximum atomic E-state index is 13.5. The van der Waals surface area contributed by atoms with Gasteiger partial charge in [0, 0.05) is 23.9 Å². The minimum absolute atomic E-state index is 0.137. The molecule has 3 rings (SSSR count). The number of para-hydroxylation sites is 1. The first kappa shape index (κ1) is 15.2. The van der Waals surface area contributed by atoms with Crippen molar-refractivity contribution in [2.45, 2.75) is 25.3 Å². The van der Waals surface area contributed by atoms with Crippen molar-refractivity contribution in [3.8, 4) is 0 Å². The molecule has 0 radical (unpaired) electrons. The van der Waals surface area contributed by atoms with Gasteiger partial charge in [0.25, 0.3) is 0 Å². The second-order valence-corrected chi connectivity index (χ2v) is 6.47. The van der Waals surface area contributed by atoms with E-state index in [9.17, 15) is 9.18 Å². The molecule has 3 nitrogen and oxygen atoms in total. The number of amides is 1. The number of nitrogens with one attached hydrogen (secondary N) is 1.